The topological polar surface area (TPSA) is 51.0 Å². The van der Waals surface area contributed by atoms with E-state index in [-0.39, 0.29) is 5.41 Å². The number of rotatable bonds is 3. The molecule has 1 aromatic heterocycles. The summed E-state index contributed by atoms with van der Waals surface area (Å²) in [4.78, 5) is 4.60. The molecule has 1 fully saturated rings. The zero-order chi connectivity index (χ0) is 14.9. The molecule has 112 valence electrons. The number of halogens is 1. The molecule has 1 saturated heterocycles. The minimum atomic E-state index is -0.139. The van der Waals surface area contributed by atoms with Crippen LogP contribution < -0.4 is 5.32 Å². The lowest BCUT2D eigenvalue weighted by Crippen LogP contribution is -2.40. The number of hydrogen-bond acceptors (Lipinski definition) is 4. The highest BCUT2D eigenvalue weighted by molar-refractivity contribution is 6.33. The van der Waals surface area contributed by atoms with Gasteiger partial charge in [0.05, 0.1) is 5.02 Å². The van der Waals surface area contributed by atoms with Crippen molar-refractivity contribution in [1.29, 1.82) is 0 Å². The van der Waals surface area contributed by atoms with Crippen LogP contribution in [0.1, 0.15) is 32.6 Å². The van der Waals surface area contributed by atoms with E-state index < -0.39 is 0 Å². The van der Waals surface area contributed by atoms with Crippen molar-refractivity contribution in [2.45, 2.75) is 32.1 Å². The molecule has 1 aliphatic heterocycles. The fraction of sp³-hybridized carbons (Fsp3) is 0.500. The van der Waals surface area contributed by atoms with Crippen LogP contribution >= 0.6 is 11.6 Å². The molecule has 1 unspecified atom stereocenters. The van der Waals surface area contributed by atoms with Crippen molar-refractivity contribution in [1.82, 2.24) is 15.5 Å². The second-order valence-corrected chi connectivity index (χ2v) is 6.58. The molecule has 2 aromatic rings. The zero-order valence-corrected chi connectivity index (χ0v) is 13.2. The van der Waals surface area contributed by atoms with Gasteiger partial charge in [0.15, 0.2) is 0 Å². The summed E-state index contributed by atoms with van der Waals surface area (Å²) in [6.45, 7) is 6.45. The average Bonchev–Trinajstić information content (AvgIpc) is 2.99. The highest BCUT2D eigenvalue weighted by Crippen LogP contribution is 2.36. The second kappa shape index (κ2) is 5.78. The van der Waals surface area contributed by atoms with Gasteiger partial charge in [-0.2, -0.15) is 4.98 Å². The average molecular weight is 306 g/mol. The van der Waals surface area contributed by atoms with Crippen LogP contribution in [-0.4, -0.2) is 23.2 Å². The number of nitrogens with zero attached hydrogens (tertiary/aromatic N) is 2. The van der Waals surface area contributed by atoms with E-state index in [4.69, 9.17) is 16.1 Å². The first-order chi connectivity index (χ1) is 10.1. The first-order valence-corrected chi connectivity index (χ1v) is 7.76. The predicted octanol–water partition coefficient (Wildman–Crippen LogP) is 3.67. The predicted molar refractivity (Wildman–Crippen MR) is 83.4 cm³/mol. The van der Waals surface area contributed by atoms with Crippen molar-refractivity contribution >= 4 is 11.6 Å². The van der Waals surface area contributed by atoms with E-state index in [0.29, 0.717) is 22.7 Å². The van der Waals surface area contributed by atoms with Crippen molar-refractivity contribution in [2.24, 2.45) is 5.92 Å². The summed E-state index contributed by atoms with van der Waals surface area (Å²) in [6, 6.07) is 7.56. The molecule has 0 amide bonds. The number of nitrogens with one attached hydrogen (secondary N) is 1. The van der Waals surface area contributed by atoms with Crippen molar-refractivity contribution in [3.05, 3.63) is 35.2 Å². The van der Waals surface area contributed by atoms with Gasteiger partial charge >= 0.3 is 0 Å². The van der Waals surface area contributed by atoms with E-state index in [1.54, 1.807) is 0 Å². The molecule has 0 saturated carbocycles. The molecule has 4 nitrogen and oxygen atoms in total. The van der Waals surface area contributed by atoms with E-state index in [1.165, 1.54) is 12.8 Å². The fourth-order valence-electron chi connectivity index (χ4n) is 2.88. The van der Waals surface area contributed by atoms with Gasteiger partial charge in [-0.05, 0) is 44.0 Å². The van der Waals surface area contributed by atoms with Gasteiger partial charge in [-0.3, -0.25) is 0 Å². The zero-order valence-electron chi connectivity index (χ0n) is 12.4. The summed E-state index contributed by atoms with van der Waals surface area (Å²) in [5.41, 5.74) is 0.673. The molecule has 3 rings (SSSR count). The largest absolute Gasteiger partial charge is 0.338 e. The van der Waals surface area contributed by atoms with E-state index in [2.05, 4.69) is 29.3 Å². The van der Waals surface area contributed by atoms with E-state index in [9.17, 15) is 0 Å². The molecule has 2 heterocycles. The minimum absolute atomic E-state index is 0.139. The molecule has 0 bridgehead atoms. The molecular weight excluding hydrogens is 286 g/mol. The van der Waals surface area contributed by atoms with Crippen LogP contribution in [0.4, 0.5) is 0 Å². The van der Waals surface area contributed by atoms with Crippen LogP contribution in [0, 0.1) is 5.92 Å². The lowest BCUT2D eigenvalue weighted by Gasteiger charge is -2.34. The third-order valence-electron chi connectivity index (χ3n) is 4.41. The molecule has 1 aliphatic rings. The summed E-state index contributed by atoms with van der Waals surface area (Å²) >= 11 is 6.20. The van der Waals surface area contributed by atoms with Crippen LogP contribution in [0.5, 0.6) is 0 Å². The first-order valence-electron chi connectivity index (χ1n) is 7.39. The Morgan fingerprint density at radius 2 is 2.14 bits per heavy atom. The smallest absolute Gasteiger partial charge is 0.232 e. The summed E-state index contributed by atoms with van der Waals surface area (Å²) in [7, 11) is 0. The maximum absolute atomic E-state index is 6.20. The number of hydrogen-bond donors (Lipinski definition) is 1. The Balaban J connectivity index is 1.89. The van der Waals surface area contributed by atoms with Crippen molar-refractivity contribution < 1.29 is 4.52 Å². The van der Waals surface area contributed by atoms with Gasteiger partial charge in [-0.1, -0.05) is 42.7 Å². The Kier molecular flexibility index (Phi) is 4.00. The Morgan fingerprint density at radius 3 is 2.86 bits per heavy atom. The molecule has 5 heteroatoms. The number of aromatic nitrogens is 2. The third-order valence-corrected chi connectivity index (χ3v) is 4.74. The Morgan fingerprint density at radius 1 is 1.33 bits per heavy atom. The molecular formula is C16H20ClN3O. The monoisotopic (exact) mass is 305 g/mol. The molecule has 21 heavy (non-hydrogen) atoms. The maximum Gasteiger partial charge on any atom is 0.232 e. The van der Waals surface area contributed by atoms with E-state index in [1.807, 2.05) is 24.3 Å². The SMILES string of the molecule is CC(C)(c1nc(-c2ccccc2Cl)no1)C1CCCNC1. The number of benzene rings is 1. The first kappa shape index (κ1) is 14.5. The minimum Gasteiger partial charge on any atom is -0.338 e. The van der Waals surface area contributed by atoms with Crippen LogP contribution in [0.3, 0.4) is 0 Å². The highest BCUT2D eigenvalue weighted by atomic mass is 35.5. The molecule has 0 aliphatic carbocycles. The normalized spacial score (nSPS) is 19.7. The lowest BCUT2D eigenvalue weighted by molar-refractivity contribution is 0.196. The van der Waals surface area contributed by atoms with Crippen LogP contribution in [-0.2, 0) is 5.41 Å². The summed E-state index contributed by atoms with van der Waals surface area (Å²) in [5.74, 6) is 1.75. The van der Waals surface area contributed by atoms with E-state index >= 15 is 0 Å². The van der Waals surface area contributed by atoms with Crippen molar-refractivity contribution in [3.8, 4) is 11.4 Å². The summed E-state index contributed by atoms with van der Waals surface area (Å²) < 4.78 is 5.54. The molecule has 0 radical (unpaired) electrons. The van der Waals surface area contributed by atoms with Crippen LogP contribution in [0.2, 0.25) is 5.02 Å². The van der Waals surface area contributed by atoms with Crippen LogP contribution in [0.25, 0.3) is 11.4 Å². The highest BCUT2D eigenvalue weighted by Gasteiger charge is 2.37. The summed E-state index contributed by atoms with van der Waals surface area (Å²) in [6.07, 6.45) is 2.38. The van der Waals surface area contributed by atoms with Gasteiger partial charge in [0.2, 0.25) is 11.7 Å². The van der Waals surface area contributed by atoms with Gasteiger partial charge in [0.1, 0.15) is 0 Å². The molecule has 1 atom stereocenters. The van der Waals surface area contributed by atoms with Gasteiger partial charge in [0.25, 0.3) is 0 Å². The quantitative estimate of drug-likeness (QED) is 0.940. The maximum atomic E-state index is 6.20. The van der Waals surface area contributed by atoms with Gasteiger partial charge < -0.3 is 9.84 Å². The molecule has 1 aromatic carbocycles. The van der Waals surface area contributed by atoms with E-state index in [0.717, 1.165) is 18.7 Å². The molecule has 1 N–H and O–H groups in total. The van der Waals surface area contributed by atoms with Gasteiger partial charge in [0, 0.05) is 11.0 Å². The van der Waals surface area contributed by atoms with Crippen molar-refractivity contribution in [3.63, 3.8) is 0 Å². The third kappa shape index (κ3) is 2.83. The van der Waals surface area contributed by atoms with Crippen LogP contribution in [0.15, 0.2) is 28.8 Å². The van der Waals surface area contributed by atoms with Crippen molar-refractivity contribution in [2.75, 3.05) is 13.1 Å². The Labute approximate surface area is 129 Å². The lowest BCUT2D eigenvalue weighted by atomic mass is 9.75. The standard InChI is InChI=1S/C16H20ClN3O/c1-16(2,11-6-5-9-18-10-11)15-19-14(20-21-15)12-7-3-4-8-13(12)17/h3-4,7-8,11,18H,5-6,9-10H2,1-2H3. The number of piperidine rings is 1. The summed E-state index contributed by atoms with van der Waals surface area (Å²) in [5, 5.41) is 8.21. The Hall–Kier alpha value is -1.39. The molecule has 0 spiro atoms. The Bertz CT molecular complexity index is 617. The van der Waals surface area contributed by atoms with Gasteiger partial charge in [-0.15, -0.1) is 0 Å². The fourth-order valence-corrected chi connectivity index (χ4v) is 3.10. The van der Waals surface area contributed by atoms with Gasteiger partial charge in [-0.25, -0.2) is 0 Å². The second-order valence-electron chi connectivity index (χ2n) is 6.17.